The maximum absolute atomic E-state index is 9.98. The first-order valence-corrected chi connectivity index (χ1v) is 5.22. The highest BCUT2D eigenvalue weighted by molar-refractivity contribution is 5.23. The van der Waals surface area contributed by atoms with Gasteiger partial charge in [0.2, 0.25) is 0 Å². The van der Waals surface area contributed by atoms with Crippen molar-refractivity contribution in [1.29, 1.82) is 0 Å². The number of aromatic nitrogens is 2. The van der Waals surface area contributed by atoms with Crippen LogP contribution in [0.2, 0.25) is 0 Å². The van der Waals surface area contributed by atoms with E-state index in [1.54, 1.807) is 12.5 Å². The predicted octanol–water partition coefficient (Wildman–Crippen LogP) is 1.08. The van der Waals surface area contributed by atoms with Gasteiger partial charge in [-0.15, -0.1) is 0 Å². The number of nitrogens with zero attached hydrogens (tertiary/aromatic N) is 2. The second kappa shape index (κ2) is 4.92. The van der Waals surface area contributed by atoms with E-state index in [1.165, 1.54) is 0 Å². The summed E-state index contributed by atoms with van der Waals surface area (Å²) in [5, 5.41) is 9.98. The summed E-state index contributed by atoms with van der Waals surface area (Å²) in [6.07, 6.45) is 4.71. The van der Waals surface area contributed by atoms with Gasteiger partial charge in [-0.25, -0.2) is 4.98 Å². The first kappa shape index (κ1) is 10.9. The minimum Gasteiger partial charge on any atom is -0.387 e. The molecule has 1 aromatic carbocycles. The normalized spacial score (nSPS) is 12.6. The Hall–Kier alpha value is -1.65. The molecule has 0 bridgehead atoms. The fourth-order valence-electron chi connectivity index (χ4n) is 1.58. The van der Waals surface area contributed by atoms with E-state index in [1.807, 2.05) is 35.0 Å². The molecule has 84 valence electrons. The average Bonchev–Trinajstić information content (AvgIpc) is 2.82. The van der Waals surface area contributed by atoms with Crippen molar-refractivity contribution in [2.75, 3.05) is 0 Å². The van der Waals surface area contributed by atoms with E-state index in [0.29, 0.717) is 13.1 Å². The largest absolute Gasteiger partial charge is 0.387 e. The van der Waals surface area contributed by atoms with Crippen LogP contribution in [0.4, 0.5) is 0 Å². The number of nitrogens with two attached hydrogens (primary N) is 1. The molecule has 0 fully saturated rings. The average molecular weight is 217 g/mol. The number of hydrogen-bond acceptors (Lipinski definition) is 3. The Morgan fingerprint density at radius 2 is 2.06 bits per heavy atom. The van der Waals surface area contributed by atoms with Gasteiger partial charge in [0.15, 0.2) is 0 Å². The molecule has 16 heavy (non-hydrogen) atoms. The molecule has 1 aromatic heterocycles. The molecule has 2 rings (SSSR count). The molecule has 1 heterocycles. The molecule has 4 heteroatoms. The monoisotopic (exact) mass is 217 g/mol. The third-order valence-electron chi connectivity index (χ3n) is 2.54. The number of rotatable bonds is 4. The molecule has 2 aromatic rings. The van der Waals surface area contributed by atoms with Crippen molar-refractivity contribution < 1.29 is 5.11 Å². The summed E-state index contributed by atoms with van der Waals surface area (Å²) >= 11 is 0. The van der Waals surface area contributed by atoms with Crippen LogP contribution in [0.5, 0.6) is 0 Å². The molecular weight excluding hydrogens is 202 g/mol. The zero-order valence-electron chi connectivity index (χ0n) is 8.95. The molecule has 0 radical (unpaired) electrons. The lowest BCUT2D eigenvalue weighted by molar-refractivity contribution is 0.156. The Labute approximate surface area is 94.4 Å². The summed E-state index contributed by atoms with van der Waals surface area (Å²) in [7, 11) is 0. The Morgan fingerprint density at radius 1 is 1.31 bits per heavy atom. The van der Waals surface area contributed by atoms with Crippen molar-refractivity contribution in [3.8, 4) is 0 Å². The second-order valence-corrected chi connectivity index (χ2v) is 3.72. The van der Waals surface area contributed by atoms with Gasteiger partial charge in [0.05, 0.1) is 19.0 Å². The SMILES string of the molecule is NCc1ccc(C(O)Cn2ccnc2)cc1. The van der Waals surface area contributed by atoms with Crippen LogP contribution >= 0.6 is 0 Å². The Bertz CT molecular complexity index is 422. The quantitative estimate of drug-likeness (QED) is 0.805. The molecule has 1 atom stereocenters. The summed E-state index contributed by atoms with van der Waals surface area (Å²) in [5.74, 6) is 0. The number of aliphatic hydroxyl groups excluding tert-OH is 1. The fourth-order valence-corrected chi connectivity index (χ4v) is 1.58. The molecule has 3 N–H and O–H groups in total. The summed E-state index contributed by atoms with van der Waals surface area (Å²) < 4.78 is 1.85. The molecule has 0 amide bonds. The molecule has 0 aliphatic heterocycles. The number of benzene rings is 1. The Balaban J connectivity index is 2.05. The molecule has 1 unspecified atom stereocenters. The maximum Gasteiger partial charge on any atom is 0.0969 e. The van der Waals surface area contributed by atoms with Crippen molar-refractivity contribution in [1.82, 2.24) is 9.55 Å². The van der Waals surface area contributed by atoms with Crippen LogP contribution in [0.15, 0.2) is 43.0 Å². The highest BCUT2D eigenvalue weighted by atomic mass is 16.3. The van der Waals surface area contributed by atoms with E-state index < -0.39 is 6.10 Å². The van der Waals surface area contributed by atoms with Gasteiger partial charge in [-0.05, 0) is 11.1 Å². The highest BCUT2D eigenvalue weighted by Gasteiger charge is 2.07. The van der Waals surface area contributed by atoms with E-state index >= 15 is 0 Å². The lowest BCUT2D eigenvalue weighted by Crippen LogP contribution is -2.07. The van der Waals surface area contributed by atoms with Crippen molar-refractivity contribution in [2.45, 2.75) is 19.2 Å². The minimum absolute atomic E-state index is 0.513. The third-order valence-corrected chi connectivity index (χ3v) is 2.54. The number of imidazole rings is 1. The summed E-state index contributed by atoms with van der Waals surface area (Å²) in [5.41, 5.74) is 7.47. The predicted molar refractivity (Wildman–Crippen MR) is 61.5 cm³/mol. The first-order valence-electron chi connectivity index (χ1n) is 5.22. The number of hydrogen-bond donors (Lipinski definition) is 2. The van der Waals surface area contributed by atoms with Crippen LogP contribution in [-0.4, -0.2) is 14.7 Å². The summed E-state index contributed by atoms with van der Waals surface area (Å²) in [4.78, 5) is 3.93. The molecule has 0 saturated carbocycles. The standard InChI is InChI=1S/C12H15N3O/c13-7-10-1-3-11(4-2-10)12(16)8-15-6-5-14-9-15/h1-6,9,12,16H,7-8,13H2. The van der Waals surface area contributed by atoms with Gasteiger partial charge in [0.1, 0.15) is 0 Å². The van der Waals surface area contributed by atoms with Gasteiger partial charge in [-0.1, -0.05) is 24.3 Å². The van der Waals surface area contributed by atoms with Crippen molar-refractivity contribution in [3.63, 3.8) is 0 Å². The molecule has 0 aliphatic carbocycles. The zero-order valence-corrected chi connectivity index (χ0v) is 8.95. The lowest BCUT2D eigenvalue weighted by atomic mass is 10.1. The fraction of sp³-hybridized carbons (Fsp3) is 0.250. The molecular formula is C12H15N3O. The van der Waals surface area contributed by atoms with Gasteiger partial charge in [-0.3, -0.25) is 0 Å². The Morgan fingerprint density at radius 3 is 2.62 bits per heavy atom. The van der Waals surface area contributed by atoms with Crippen LogP contribution in [-0.2, 0) is 13.1 Å². The van der Waals surface area contributed by atoms with Crippen LogP contribution in [0, 0.1) is 0 Å². The van der Waals surface area contributed by atoms with Crippen LogP contribution in [0.1, 0.15) is 17.2 Å². The van der Waals surface area contributed by atoms with E-state index in [4.69, 9.17) is 5.73 Å². The second-order valence-electron chi connectivity index (χ2n) is 3.72. The van der Waals surface area contributed by atoms with Crippen LogP contribution in [0.25, 0.3) is 0 Å². The van der Waals surface area contributed by atoms with E-state index in [-0.39, 0.29) is 0 Å². The summed E-state index contributed by atoms with van der Waals surface area (Å²) in [6.45, 7) is 1.04. The van der Waals surface area contributed by atoms with Crippen LogP contribution in [0.3, 0.4) is 0 Å². The molecule has 4 nitrogen and oxygen atoms in total. The molecule has 0 saturated heterocycles. The van der Waals surface area contributed by atoms with Gasteiger partial charge in [0.25, 0.3) is 0 Å². The van der Waals surface area contributed by atoms with Crippen LogP contribution < -0.4 is 5.73 Å². The molecule has 0 aliphatic rings. The lowest BCUT2D eigenvalue weighted by Gasteiger charge is -2.11. The van der Waals surface area contributed by atoms with Crippen molar-refractivity contribution >= 4 is 0 Å². The summed E-state index contributed by atoms with van der Waals surface area (Å²) in [6, 6.07) is 7.69. The van der Waals surface area contributed by atoms with E-state index in [2.05, 4.69) is 4.98 Å². The van der Waals surface area contributed by atoms with Crippen molar-refractivity contribution in [2.24, 2.45) is 5.73 Å². The van der Waals surface area contributed by atoms with Gasteiger partial charge < -0.3 is 15.4 Å². The van der Waals surface area contributed by atoms with Crippen molar-refractivity contribution in [3.05, 3.63) is 54.1 Å². The highest BCUT2D eigenvalue weighted by Crippen LogP contribution is 2.15. The zero-order chi connectivity index (χ0) is 11.4. The third kappa shape index (κ3) is 2.48. The van der Waals surface area contributed by atoms with Gasteiger partial charge in [-0.2, -0.15) is 0 Å². The van der Waals surface area contributed by atoms with E-state index in [9.17, 15) is 5.11 Å². The van der Waals surface area contributed by atoms with Gasteiger partial charge in [0, 0.05) is 18.9 Å². The van der Waals surface area contributed by atoms with Gasteiger partial charge >= 0.3 is 0 Å². The first-order chi connectivity index (χ1) is 7.79. The topological polar surface area (TPSA) is 64.1 Å². The minimum atomic E-state index is -0.513. The Kier molecular flexibility index (Phi) is 3.34. The van der Waals surface area contributed by atoms with E-state index in [0.717, 1.165) is 11.1 Å². The molecule has 0 spiro atoms. The maximum atomic E-state index is 9.98. The number of aliphatic hydroxyl groups is 1. The smallest absolute Gasteiger partial charge is 0.0969 e.